The second-order valence-corrected chi connectivity index (χ2v) is 4.72. The van der Waals surface area contributed by atoms with E-state index in [2.05, 4.69) is 6.92 Å². The molecule has 1 saturated heterocycles. The van der Waals surface area contributed by atoms with Gasteiger partial charge in [0.05, 0.1) is 7.11 Å². The van der Waals surface area contributed by atoms with Crippen molar-refractivity contribution in [3.63, 3.8) is 0 Å². The Morgan fingerprint density at radius 1 is 1.53 bits per heavy atom. The van der Waals surface area contributed by atoms with Crippen LogP contribution in [0.2, 0.25) is 0 Å². The number of esters is 1. The number of unbranched alkanes of at least 4 members (excludes halogenated alkanes) is 2. The van der Waals surface area contributed by atoms with Crippen molar-refractivity contribution in [2.24, 2.45) is 0 Å². The van der Waals surface area contributed by atoms with Gasteiger partial charge in [0.2, 0.25) is 5.91 Å². The highest BCUT2D eigenvalue weighted by Gasteiger charge is 2.39. The number of hydrogen-bond acceptors (Lipinski definition) is 3. The lowest BCUT2D eigenvalue weighted by Crippen LogP contribution is -2.44. The van der Waals surface area contributed by atoms with Crippen LogP contribution in [0.15, 0.2) is 0 Å². The van der Waals surface area contributed by atoms with Gasteiger partial charge in [-0.1, -0.05) is 26.2 Å². The molecule has 1 heterocycles. The Hall–Kier alpha value is -1.06. The zero-order chi connectivity index (χ0) is 12.8. The van der Waals surface area contributed by atoms with Gasteiger partial charge in [0.15, 0.2) is 0 Å². The van der Waals surface area contributed by atoms with Crippen molar-refractivity contribution in [2.45, 2.75) is 64.5 Å². The maximum Gasteiger partial charge on any atom is 0.328 e. The van der Waals surface area contributed by atoms with Crippen LogP contribution in [0.3, 0.4) is 0 Å². The van der Waals surface area contributed by atoms with Gasteiger partial charge in [-0.05, 0) is 19.8 Å². The van der Waals surface area contributed by atoms with Gasteiger partial charge in [-0.15, -0.1) is 0 Å². The average Bonchev–Trinajstić information content (AvgIpc) is 2.70. The van der Waals surface area contributed by atoms with Gasteiger partial charge in [0, 0.05) is 12.5 Å². The van der Waals surface area contributed by atoms with Gasteiger partial charge in [0.25, 0.3) is 0 Å². The summed E-state index contributed by atoms with van der Waals surface area (Å²) in [6.45, 7) is 4.18. The van der Waals surface area contributed by atoms with Gasteiger partial charge in [-0.2, -0.15) is 0 Å². The molecule has 1 aliphatic rings. The number of nitrogens with zero attached hydrogens (tertiary/aromatic N) is 1. The van der Waals surface area contributed by atoms with E-state index in [-0.39, 0.29) is 24.0 Å². The van der Waals surface area contributed by atoms with Gasteiger partial charge < -0.3 is 9.64 Å². The fourth-order valence-corrected chi connectivity index (χ4v) is 2.45. The highest BCUT2D eigenvalue weighted by atomic mass is 16.5. The van der Waals surface area contributed by atoms with Crippen molar-refractivity contribution in [3.8, 4) is 0 Å². The molecule has 0 radical (unpaired) electrons. The Morgan fingerprint density at radius 2 is 2.24 bits per heavy atom. The molecular formula is C13H23NO3. The zero-order valence-electron chi connectivity index (χ0n) is 11.1. The van der Waals surface area contributed by atoms with Crippen LogP contribution in [0.4, 0.5) is 0 Å². The molecule has 0 aromatic carbocycles. The summed E-state index contributed by atoms with van der Waals surface area (Å²) < 4.78 is 4.76. The maximum atomic E-state index is 11.8. The molecule has 1 amide bonds. The SMILES string of the molecule is CCCCCC(C)N1C(=O)CCC1C(=O)OC. The van der Waals surface area contributed by atoms with Gasteiger partial charge in [-0.3, -0.25) is 4.79 Å². The van der Waals surface area contributed by atoms with Crippen molar-refractivity contribution in [2.75, 3.05) is 7.11 Å². The molecule has 0 bridgehead atoms. The van der Waals surface area contributed by atoms with Crippen LogP contribution >= 0.6 is 0 Å². The Kier molecular flexibility index (Phi) is 5.45. The van der Waals surface area contributed by atoms with E-state index < -0.39 is 0 Å². The normalized spacial score (nSPS) is 21.7. The summed E-state index contributed by atoms with van der Waals surface area (Å²) in [5, 5.41) is 0. The van der Waals surface area contributed by atoms with E-state index in [0.717, 1.165) is 12.8 Å². The summed E-state index contributed by atoms with van der Waals surface area (Å²) in [5.74, 6) is -0.192. The quantitative estimate of drug-likeness (QED) is 0.528. The lowest BCUT2D eigenvalue weighted by atomic mass is 10.1. The van der Waals surface area contributed by atoms with E-state index in [4.69, 9.17) is 4.74 Å². The monoisotopic (exact) mass is 241 g/mol. The highest BCUT2D eigenvalue weighted by Crippen LogP contribution is 2.24. The molecule has 98 valence electrons. The lowest BCUT2D eigenvalue weighted by Gasteiger charge is -2.29. The third kappa shape index (κ3) is 3.45. The average molecular weight is 241 g/mol. The van der Waals surface area contributed by atoms with Crippen LogP contribution in [0.5, 0.6) is 0 Å². The summed E-state index contributed by atoms with van der Waals surface area (Å²) in [5.41, 5.74) is 0. The zero-order valence-corrected chi connectivity index (χ0v) is 11.1. The number of rotatable bonds is 6. The second-order valence-electron chi connectivity index (χ2n) is 4.72. The van der Waals surface area contributed by atoms with Crippen molar-refractivity contribution in [3.05, 3.63) is 0 Å². The van der Waals surface area contributed by atoms with Gasteiger partial charge in [-0.25, -0.2) is 4.79 Å². The molecular weight excluding hydrogens is 218 g/mol. The van der Waals surface area contributed by atoms with E-state index in [1.165, 1.54) is 20.0 Å². The summed E-state index contributed by atoms with van der Waals surface area (Å²) in [6, 6.07) is -0.218. The smallest absolute Gasteiger partial charge is 0.328 e. The van der Waals surface area contributed by atoms with E-state index in [0.29, 0.717) is 12.8 Å². The summed E-state index contributed by atoms with van der Waals surface area (Å²) in [4.78, 5) is 25.1. The summed E-state index contributed by atoms with van der Waals surface area (Å²) >= 11 is 0. The number of carbonyl (C=O) groups excluding carboxylic acids is 2. The minimum Gasteiger partial charge on any atom is -0.467 e. The Bertz CT molecular complexity index is 278. The number of likely N-dealkylation sites (tertiary alicyclic amines) is 1. The molecule has 0 saturated carbocycles. The van der Waals surface area contributed by atoms with Gasteiger partial charge in [0.1, 0.15) is 6.04 Å². The number of amides is 1. The first-order chi connectivity index (χ1) is 8.11. The van der Waals surface area contributed by atoms with E-state index >= 15 is 0 Å². The van der Waals surface area contributed by atoms with Crippen molar-refractivity contribution in [1.29, 1.82) is 0 Å². The van der Waals surface area contributed by atoms with E-state index in [1.54, 1.807) is 4.90 Å². The van der Waals surface area contributed by atoms with Crippen molar-refractivity contribution < 1.29 is 14.3 Å². The molecule has 0 N–H and O–H groups in total. The molecule has 0 aliphatic carbocycles. The number of ether oxygens (including phenoxy) is 1. The summed E-state index contributed by atoms with van der Waals surface area (Å²) in [6.07, 6.45) is 5.49. The molecule has 0 spiro atoms. The largest absolute Gasteiger partial charge is 0.467 e. The predicted molar refractivity (Wildman–Crippen MR) is 65.5 cm³/mol. The van der Waals surface area contributed by atoms with Crippen LogP contribution in [0.1, 0.15) is 52.4 Å². The van der Waals surface area contributed by atoms with Crippen molar-refractivity contribution >= 4 is 11.9 Å². The minimum absolute atomic E-state index is 0.0874. The molecule has 2 unspecified atom stereocenters. The first kappa shape index (κ1) is 14.0. The number of hydrogen-bond donors (Lipinski definition) is 0. The standard InChI is InChI=1S/C13H23NO3/c1-4-5-6-7-10(2)14-11(13(16)17-3)8-9-12(14)15/h10-11H,4-9H2,1-3H3. The number of carbonyl (C=O) groups is 2. The topological polar surface area (TPSA) is 46.6 Å². The molecule has 1 rings (SSSR count). The van der Waals surface area contributed by atoms with Crippen LogP contribution in [0.25, 0.3) is 0 Å². The van der Waals surface area contributed by atoms with E-state index in [9.17, 15) is 9.59 Å². The fraction of sp³-hybridized carbons (Fsp3) is 0.846. The third-order valence-electron chi connectivity index (χ3n) is 3.43. The Balaban J connectivity index is 2.57. The van der Waals surface area contributed by atoms with Crippen LogP contribution in [-0.4, -0.2) is 36.0 Å². The molecule has 4 heteroatoms. The third-order valence-corrected chi connectivity index (χ3v) is 3.43. The Labute approximate surface area is 103 Å². The second kappa shape index (κ2) is 6.62. The molecule has 2 atom stereocenters. The lowest BCUT2D eigenvalue weighted by molar-refractivity contribution is -0.150. The number of methoxy groups -OCH3 is 1. The van der Waals surface area contributed by atoms with Crippen LogP contribution in [0, 0.1) is 0 Å². The first-order valence-corrected chi connectivity index (χ1v) is 6.50. The molecule has 1 fully saturated rings. The van der Waals surface area contributed by atoms with E-state index in [1.807, 2.05) is 6.92 Å². The minimum atomic E-state index is -0.357. The maximum absolute atomic E-state index is 11.8. The van der Waals surface area contributed by atoms with Crippen LogP contribution in [-0.2, 0) is 14.3 Å². The first-order valence-electron chi connectivity index (χ1n) is 6.50. The highest BCUT2D eigenvalue weighted by molar-refractivity contribution is 5.88. The molecule has 1 aliphatic heterocycles. The molecule has 0 aromatic heterocycles. The summed E-state index contributed by atoms with van der Waals surface area (Å²) in [7, 11) is 1.38. The molecule has 17 heavy (non-hydrogen) atoms. The predicted octanol–water partition coefficient (Wildman–Crippen LogP) is 2.12. The molecule has 0 aromatic rings. The van der Waals surface area contributed by atoms with Crippen LogP contribution < -0.4 is 0 Å². The fourth-order valence-electron chi connectivity index (χ4n) is 2.45. The Morgan fingerprint density at radius 3 is 2.82 bits per heavy atom. The molecule has 4 nitrogen and oxygen atoms in total. The van der Waals surface area contributed by atoms with Crippen molar-refractivity contribution in [1.82, 2.24) is 4.90 Å². The van der Waals surface area contributed by atoms with Gasteiger partial charge >= 0.3 is 5.97 Å².